The fourth-order valence-electron chi connectivity index (χ4n) is 5.72. The predicted molar refractivity (Wildman–Crippen MR) is 190 cm³/mol. The third kappa shape index (κ3) is 18.0. The molecule has 0 spiro atoms. The fraction of sp³-hybridized carbons (Fsp3) is 0.650. The van der Waals surface area contributed by atoms with Gasteiger partial charge in [0.25, 0.3) is 0 Å². The van der Waals surface area contributed by atoms with Crippen molar-refractivity contribution in [3.63, 3.8) is 0 Å². The van der Waals surface area contributed by atoms with Crippen molar-refractivity contribution < 1.29 is 16.5 Å². The number of aryl methyl sites for hydroxylation is 4. The molecule has 0 aliphatic carbocycles. The minimum atomic E-state index is 0. The van der Waals surface area contributed by atoms with Crippen LogP contribution in [0.1, 0.15) is 166 Å². The van der Waals surface area contributed by atoms with Crippen LogP contribution in [0.5, 0.6) is 0 Å². The zero-order chi connectivity index (χ0) is 30.3. The van der Waals surface area contributed by atoms with Crippen LogP contribution in [-0.4, -0.2) is 11.9 Å². The molecular formula is C40H64N2Ni. The van der Waals surface area contributed by atoms with Gasteiger partial charge in [-0.1, -0.05) is 117 Å². The standard InChI is InChI=1S/C40H64N2.Ni/c1-6-11-16-21-26-38(42-40-31-36(24-19-14-9-4)28-37(32-40)25-20-15-10-5)33-41-39-29-34(22-17-12-7-2)27-35(30-39)23-18-13-8-3;/h27-33H,6-26H2,1-5H3;. The summed E-state index contributed by atoms with van der Waals surface area (Å²) in [5.41, 5.74) is 9.15. The molecule has 0 saturated carbocycles. The van der Waals surface area contributed by atoms with Gasteiger partial charge in [-0.2, -0.15) is 0 Å². The van der Waals surface area contributed by atoms with E-state index in [2.05, 4.69) is 77.2 Å². The Hall–Kier alpha value is -1.73. The molecule has 0 saturated heterocycles. The van der Waals surface area contributed by atoms with Crippen molar-refractivity contribution in [3.05, 3.63) is 58.7 Å². The molecule has 0 radical (unpaired) electrons. The topological polar surface area (TPSA) is 24.7 Å². The first kappa shape index (κ1) is 39.3. The summed E-state index contributed by atoms with van der Waals surface area (Å²) in [5, 5.41) is 0. The van der Waals surface area contributed by atoms with Crippen LogP contribution in [0.25, 0.3) is 0 Å². The quantitative estimate of drug-likeness (QED) is 0.0626. The van der Waals surface area contributed by atoms with Crippen molar-refractivity contribution in [2.75, 3.05) is 0 Å². The molecule has 0 aromatic heterocycles. The zero-order valence-corrected chi connectivity index (χ0v) is 29.6. The molecule has 0 bridgehead atoms. The average Bonchev–Trinajstić information content (AvgIpc) is 2.98. The Bertz CT molecular complexity index is 982. The molecule has 0 aliphatic rings. The van der Waals surface area contributed by atoms with Crippen LogP contribution in [0.3, 0.4) is 0 Å². The van der Waals surface area contributed by atoms with E-state index in [1.807, 2.05) is 0 Å². The van der Waals surface area contributed by atoms with E-state index in [9.17, 15) is 0 Å². The van der Waals surface area contributed by atoms with Crippen LogP contribution in [0, 0.1) is 0 Å². The van der Waals surface area contributed by atoms with Crippen molar-refractivity contribution in [3.8, 4) is 0 Å². The molecule has 43 heavy (non-hydrogen) atoms. The van der Waals surface area contributed by atoms with Gasteiger partial charge in [0.15, 0.2) is 0 Å². The zero-order valence-electron chi connectivity index (χ0n) is 28.6. The number of rotatable bonds is 24. The molecule has 0 heterocycles. The van der Waals surface area contributed by atoms with Crippen molar-refractivity contribution >= 4 is 23.3 Å². The van der Waals surface area contributed by atoms with Crippen LogP contribution in [0.15, 0.2) is 46.4 Å². The molecular weight excluding hydrogens is 567 g/mol. The molecule has 2 nitrogen and oxygen atoms in total. The van der Waals surface area contributed by atoms with E-state index in [4.69, 9.17) is 9.98 Å². The largest absolute Gasteiger partial charge is 0.255 e. The molecule has 0 fully saturated rings. The third-order valence-electron chi connectivity index (χ3n) is 8.27. The van der Waals surface area contributed by atoms with Gasteiger partial charge >= 0.3 is 0 Å². The van der Waals surface area contributed by atoms with E-state index in [1.165, 1.54) is 125 Å². The minimum Gasteiger partial charge on any atom is -0.255 e. The molecule has 2 rings (SSSR count). The van der Waals surface area contributed by atoms with E-state index in [1.54, 1.807) is 0 Å². The molecule has 3 heteroatoms. The number of aliphatic imine (C=N–C) groups is 2. The number of hydrogen-bond acceptors (Lipinski definition) is 2. The monoisotopic (exact) mass is 630 g/mol. The Labute approximate surface area is 277 Å². The molecule has 2 aromatic rings. The minimum absolute atomic E-state index is 0. The summed E-state index contributed by atoms with van der Waals surface area (Å²) < 4.78 is 0. The average molecular weight is 632 g/mol. The van der Waals surface area contributed by atoms with E-state index >= 15 is 0 Å². The first-order valence-electron chi connectivity index (χ1n) is 18.0. The van der Waals surface area contributed by atoms with Crippen LogP contribution in [0.2, 0.25) is 0 Å². The van der Waals surface area contributed by atoms with Gasteiger partial charge in [-0.15, -0.1) is 0 Å². The van der Waals surface area contributed by atoms with Crippen molar-refractivity contribution in [1.82, 2.24) is 0 Å². The van der Waals surface area contributed by atoms with Gasteiger partial charge in [0, 0.05) is 22.7 Å². The van der Waals surface area contributed by atoms with Gasteiger partial charge in [-0.25, -0.2) is 0 Å². The second-order valence-corrected chi connectivity index (χ2v) is 12.5. The van der Waals surface area contributed by atoms with E-state index in [0.29, 0.717) is 0 Å². The van der Waals surface area contributed by atoms with Crippen LogP contribution >= 0.6 is 0 Å². The van der Waals surface area contributed by atoms with E-state index < -0.39 is 0 Å². The van der Waals surface area contributed by atoms with Gasteiger partial charge in [-0.05, 0) is 111 Å². The SMILES string of the molecule is CCCCCCC(C=Nc1cc(CCCCC)cc(CCCCC)c1)=Nc1cc(CCCCC)cc(CCCCC)c1.[Ni]. The summed E-state index contributed by atoms with van der Waals surface area (Å²) in [4.78, 5) is 10.4. The molecule has 244 valence electrons. The second kappa shape index (κ2) is 25.6. The molecule has 2 aromatic carbocycles. The Morgan fingerprint density at radius 1 is 0.465 bits per heavy atom. The number of benzene rings is 2. The summed E-state index contributed by atoms with van der Waals surface area (Å²) in [6.45, 7) is 11.4. The predicted octanol–water partition coefficient (Wildman–Crippen LogP) is 13.1. The van der Waals surface area contributed by atoms with Crippen molar-refractivity contribution in [2.24, 2.45) is 9.98 Å². The smallest absolute Gasteiger partial charge is 0.0639 e. The first-order chi connectivity index (χ1) is 20.6. The molecule has 0 N–H and O–H groups in total. The van der Waals surface area contributed by atoms with Crippen molar-refractivity contribution in [1.29, 1.82) is 0 Å². The fourth-order valence-corrected chi connectivity index (χ4v) is 5.72. The van der Waals surface area contributed by atoms with E-state index in [0.717, 1.165) is 49.2 Å². The second-order valence-electron chi connectivity index (χ2n) is 12.5. The summed E-state index contributed by atoms with van der Waals surface area (Å²) in [5.74, 6) is 0. The maximum absolute atomic E-state index is 5.28. The maximum Gasteiger partial charge on any atom is 0.0639 e. The summed E-state index contributed by atoms with van der Waals surface area (Å²) in [6.07, 6.45) is 28.0. The molecule has 0 unspecified atom stereocenters. The van der Waals surface area contributed by atoms with Gasteiger partial charge in [0.05, 0.1) is 17.1 Å². The summed E-state index contributed by atoms with van der Waals surface area (Å²) in [7, 11) is 0. The Morgan fingerprint density at radius 2 is 0.837 bits per heavy atom. The van der Waals surface area contributed by atoms with Crippen LogP contribution < -0.4 is 0 Å². The number of nitrogens with zero attached hydrogens (tertiary/aromatic N) is 2. The Morgan fingerprint density at radius 3 is 1.23 bits per heavy atom. The van der Waals surface area contributed by atoms with Gasteiger partial charge in [0.1, 0.15) is 0 Å². The van der Waals surface area contributed by atoms with Gasteiger partial charge in [-0.3, -0.25) is 9.98 Å². The van der Waals surface area contributed by atoms with E-state index in [-0.39, 0.29) is 16.5 Å². The van der Waals surface area contributed by atoms with Crippen molar-refractivity contribution in [2.45, 2.75) is 169 Å². The van der Waals surface area contributed by atoms with Crippen LogP contribution in [0.4, 0.5) is 11.4 Å². The maximum atomic E-state index is 5.28. The summed E-state index contributed by atoms with van der Waals surface area (Å²) in [6, 6.07) is 14.2. The Balaban J connectivity index is 0.00000924. The first-order valence-corrected chi connectivity index (χ1v) is 18.0. The summed E-state index contributed by atoms with van der Waals surface area (Å²) >= 11 is 0. The third-order valence-corrected chi connectivity index (χ3v) is 8.27. The number of unbranched alkanes of at least 4 members (excludes halogenated alkanes) is 11. The normalized spacial score (nSPS) is 11.8. The molecule has 0 atom stereocenters. The van der Waals surface area contributed by atoms with Gasteiger partial charge in [0.2, 0.25) is 0 Å². The van der Waals surface area contributed by atoms with Crippen LogP contribution in [-0.2, 0) is 42.2 Å². The Kier molecular flexibility index (Phi) is 23.4. The molecule has 0 aliphatic heterocycles. The van der Waals surface area contributed by atoms with Gasteiger partial charge < -0.3 is 0 Å². The number of hydrogen-bond donors (Lipinski definition) is 0. The molecule has 0 amide bonds.